The van der Waals surface area contributed by atoms with E-state index in [0.717, 1.165) is 18.4 Å². The van der Waals surface area contributed by atoms with E-state index in [2.05, 4.69) is 5.16 Å². The predicted octanol–water partition coefficient (Wildman–Crippen LogP) is 4.03. The van der Waals surface area contributed by atoms with E-state index < -0.39 is 0 Å². The van der Waals surface area contributed by atoms with Crippen molar-refractivity contribution in [2.75, 3.05) is 41.0 Å². The minimum atomic E-state index is -0.314. The lowest BCUT2D eigenvalue weighted by Crippen LogP contribution is -2.40. The molecule has 0 saturated carbocycles. The number of hydrogen-bond donors (Lipinski definition) is 0. The van der Waals surface area contributed by atoms with Crippen LogP contribution in [0.2, 0.25) is 0 Å². The maximum Gasteiger partial charge on any atom is 0.276 e. The molecule has 37 heavy (non-hydrogen) atoms. The number of carbonyl (C=O) groups is 2. The molecule has 2 amide bonds. The number of aromatic nitrogens is 1. The van der Waals surface area contributed by atoms with Crippen molar-refractivity contribution in [3.8, 4) is 22.8 Å². The first kappa shape index (κ1) is 26.2. The molecule has 1 aromatic heterocycles. The van der Waals surface area contributed by atoms with Crippen molar-refractivity contribution in [3.05, 3.63) is 65.9 Å². The molecule has 0 radical (unpaired) electrons. The molecule has 0 spiro atoms. The van der Waals surface area contributed by atoms with Crippen LogP contribution in [0, 0.1) is 0 Å². The second-order valence-electron chi connectivity index (χ2n) is 9.01. The number of hydrogen-bond acceptors (Lipinski definition) is 7. The zero-order chi connectivity index (χ0) is 26.2. The monoisotopic (exact) mass is 507 g/mol. The maximum atomic E-state index is 13.5. The molecular formula is C28H33N3O6. The zero-order valence-corrected chi connectivity index (χ0v) is 21.5. The summed E-state index contributed by atoms with van der Waals surface area (Å²) < 4.78 is 22.0. The van der Waals surface area contributed by atoms with Gasteiger partial charge in [0.2, 0.25) is 5.91 Å². The molecule has 9 nitrogen and oxygen atoms in total. The largest absolute Gasteiger partial charge is 0.497 e. The van der Waals surface area contributed by atoms with Gasteiger partial charge in [-0.25, -0.2) is 0 Å². The Morgan fingerprint density at radius 1 is 1.08 bits per heavy atom. The van der Waals surface area contributed by atoms with Crippen molar-refractivity contribution in [2.45, 2.75) is 31.9 Å². The van der Waals surface area contributed by atoms with Gasteiger partial charge >= 0.3 is 0 Å². The highest BCUT2D eigenvalue weighted by Crippen LogP contribution is 2.34. The Bertz CT molecular complexity index is 1190. The quantitative estimate of drug-likeness (QED) is 0.387. The Labute approximate surface area is 216 Å². The molecule has 2 heterocycles. The number of rotatable bonds is 11. The number of methoxy groups -OCH3 is 2. The molecule has 3 aromatic rings. The van der Waals surface area contributed by atoms with Crippen molar-refractivity contribution >= 4 is 11.8 Å². The van der Waals surface area contributed by atoms with Crippen molar-refractivity contribution in [1.82, 2.24) is 15.0 Å². The molecule has 0 aliphatic carbocycles. The lowest BCUT2D eigenvalue weighted by Gasteiger charge is -2.25. The molecule has 4 rings (SSSR count). The number of carbonyl (C=O) groups excluding carboxylic acids is 2. The third-order valence-electron chi connectivity index (χ3n) is 6.42. The van der Waals surface area contributed by atoms with E-state index in [1.807, 2.05) is 30.3 Å². The summed E-state index contributed by atoms with van der Waals surface area (Å²) in [4.78, 5) is 29.7. The fourth-order valence-corrected chi connectivity index (χ4v) is 4.35. The SMILES string of the molecule is COc1ccc(OC)c(-c2cc(C(=O)N(CCC(=O)N(C)Cc3ccccc3)CC3CCCO3)no2)c1. The molecule has 0 bridgehead atoms. The van der Waals surface area contributed by atoms with Gasteiger partial charge in [-0.15, -0.1) is 0 Å². The summed E-state index contributed by atoms with van der Waals surface area (Å²) >= 11 is 0. The molecule has 1 aliphatic heterocycles. The summed E-state index contributed by atoms with van der Waals surface area (Å²) in [5.74, 6) is 1.22. The van der Waals surface area contributed by atoms with Gasteiger partial charge in [0.25, 0.3) is 5.91 Å². The molecule has 2 aromatic carbocycles. The van der Waals surface area contributed by atoms with Gasteiger partial charge in [-0.05, 0) is 36.6 Å². The van der Waals surface area contributed by atoms with Gasteiger partial charge in [-0.1, -0.05) is 35.5 Å². The first-order valence-electron chi connectivity index (χ1n) is 12.4. The molecule has 1 atom stereocenters. The smallest absolute Gasteiger partial charge is 0.276 e. The van der Waals surface area contributed by atoms with Gasteiger partial charge in [-0.2, -0.15) is 0 Å². The van der Waals surface area contributed by atoms with E-state index in [0.29, 0.717) is 42.5 Å². The van der Waals surface area contributed by atoms with Crippen molar-refractivity contribution in [2.24, 2.45) is 0 Å². The van der Waals surface area contributed by atoms with Crippen LogP contribution in [0.15, 0.2) is 59.1 Å². The second-order valence-corrected chi connectivity index (χ2v) is 9.01. The predicted molar refractivity (Wildman–Crippen MR) is 137 cm³/mol. The molecular weight excluding hydrogens is 474 g/mol. The standard InChI is InChI=1S/C28H33N3O6/c1-30(18-20-8-5-4-6-9-20)27(32)13-14-31(19-22-10-7-15-36-22)28(33)24-17-26(37-29-24)23-16-21(34-2)11-12-25(23)35-3/h4-6,8-9,11-12,16-17,22H,7,10,13-15,18-19H2,1-3H3. The number of ether oxygens (including phenoxy) is 3. The average Bonchev–Trinajstić information content (AvgIpc) is 3.63. The lowest BCUT2D eigenvalue weighted by molar-refractivity contribution is -0.130. The summed E-state index contributed by atoms with van der Waals surface area (Å²) in [5.41, 5.74) is 1.83. The first-order chi connectivity index (χ1) is 18.0. The molecule has 1 fully saturated rings. The number of amides is 2. The minimum Gasteiger partial charge on any atom is -0.497 e. The highest BCUT2D eigenvalue weighted by atomic mass is 16.5. The van der Waals surface area contributed by atoms with Crippen LogP contribution in [0.5, 0.6) is 11.5 Å². The Morgan fingerprint density at radius 3 is 2.59 bits per heavy atom. The van der Waals surface area contributed by atoms with E-state index >= 15 is 0 Å². The zero-order valence-electron chi connectivity index (χ0n) is 21.5. The highest BCUT2D eigenvalue weighted by Gasteiger charge is 2.27. The van der Waals surface area contributed by atoms with Gasteiger partial charge in [0, 0.05) is 45.8 Å². The van der Waals surface area contributed by atoms with E-state index in [1.54, 1.807) is 55.3 Å². The molecule has 0 N–H and O–H groups in total. The van der Waals surface area contributed by atoms with E-state index in [1.165, 1.54) is 0 Å². The Balaban J connectivity index is 1.47. The highest BCUT2D eigenvalue weighted by molar-refractivity contribution is 5.93. The second kappa shape index (κ2) is 12.4. The van der Waals surface area contributed by atoms with Gasteiger partial charge in [0.05, 0.1) is 25.9 Å². The molecule has 1 aliphatic rings. The molecule has 196 valence electrons. The fourth-order valence-electron chi connectivity index (χ4n) is 4.35. The van der Waals surface area contributed by atoms with Crippen LogP contribution >= 0.6 is 0 Å². The molecule has 1 saturated heterocycles. The number of benzene rings is 2. The van der Waals surface area contributed by atoms with E-state index in [9.17, 15) is 9.59 Å². The van der Waals surface area contributed by atoms with Crippen LogP contribution in [0.25, 0.3) is 11.3 Å². The molecule has 1 unspecified atom stereocenters. The van der Waals surface area contributed by atoms with E-state index in [4.69, 9.17) is 18.7 Å². The maximum absolute atomic E-state index is 13.5. The summed E-state index contributed by atoms with van der Waals surface area (Å²) in [6, 6.07) is 16.7. The van der Waals surface area contributed by atoms with Crippen molar-refractivity contribution in [3.63, 3.8) is 0 Å². The normalized spacial score (nSPS) is 14.8. The Morgan fingerprint density at radius 2 is 1.89 bits per heavy atom. The van der Waals surface area contributed by atoms with Gasteiger partial charge in [-0.3, -0.25) is 9.59 Å². The summed E-state index contributed by atoms with van der Waals surface area (Å²) in [7, 11) is 4.90. The van der Waals surface area contributed by atoms with E-state index in [-0.39, 0.29) is 36.6 Å². The summed E-state index contributed by atoms with van der Waals surface area (Å²) in [5, 5.41) is 4.04. The van der Waals surface area contributed by atoms with Gasteiger partial charge < -0.3 is 28.5 Å². The van der Waals surface area contributed by atoms with Crippen LogP contribution in [0.4, 0.5) is 0 Å². The Kier molecular flexibility index (Phi) is 8.79. The third kappa shape index (κ3) is 6.68. The van der Waals surface area contributed by atoms with Gasteiger partial charge in [0.1, 0.15) is 11.5 Å². The van der Waals surface area contributed by atoms with Crippen LogP contribution in [-0.4, -0.2) is 73.8 Å². The lowest BCUT2D eigenvalue weighted by atomic mass is 10.1. The van der Waals surface area contributed by atoms with Crippen LogP contribution in [0.1, 0.15) is 35.3 Å². The minimum absolute atomic E-state index is 0.0454. The van der Waals surface area contributed by atoms with Crippen molar-refractivity contribution in [1.29, 1.82) is 0 Å². The third-order valence-corrected chi connectivity index (χ3v) is 6.42. The summed E-state index contributed by atoms with van der Waals surface area (Å²) in [6.07, 6.45) is 1.95. The Hall–Kier alpha value is -3.85. The summed E-state index contributed by atoms with van der Waals surface area (Å²) in [6.45, 7) is 1.82. The van der Waals surface area contributed by atoms with Crippen molar-refractivity contribution < 1.29 is 28.3 Å². The number of nitrogens with zero attached hydrogens (tertiary/aromatic N) is 3. The fraction of sp³-hybridized carbons (Fsp3) is 0.393. The molecule has 9 heteroatoms. The van der Waals surface area contributed by atoms with Crippen LogP contribution < -0.4 is 9.47 Å². The first-order valence-corrected chi connectivity index (χ1v) is 12.4. The van der Waals surface area contributed by atoms with Crippen LogP contribution in [0.3, 0.4) is 0 Å². The van der Waals surface area contributed by atoms with Crippen LogP contribution in [-0.2, 0) is 16.1 Å². The average molecular weight is 508 g/mol. The van der Waals surface area contributed by atoms with Gasteiger partial charge in [0.15, 0.2) is 11.5 Å². The topological polar surface area (TPSA) is 94.3 Å².